The highest BCUT2D eigenvalue weighted by Gasteiger charge is 2.02. The Labute approximate surface area is 106 Å². The number of nitrogens with one attached hydrogen (secondary N) is 1. The molecular weight excluding hydrogens is 228 g/mol. The summed E-state index contributed by atoms with van der Waals surface area (Å²) in [7, 11) is 0. The Morgan fingerprint density at radius 3 is 2.78 bits per heavy atom. The maximum atomic E-state index is 11.7. The number of anilines is 2. The van der Waals surface area contributed by atoms with Crippen LogP contribution in [0, 0.1) is 0 Å². The Balaban J connectivity index is 1.73. The van der Waals surface area contributed by atoms with Gasteiger partial charge in [0, 0.05) is 36.7 Å². The van der Waals surface area contributed by atoms with Gasteiger partial charge >= 0.3 is 0 Å². The second kappa shape index (κ2) is 5.86. The Hall–Kier alpha value is -2.30. The van der Waals surface area contributed by atoms with Crippen LogP contribution in [0.1, 0.15) is 12.8 Å². The van der Waals surface area contributed by atoms with Crippen LogP contribution in [0.5, 0.6) is 0 Å². The van der Waals surface area contributed by atoms with E-state index >= 15 is 0 Å². The van der Waals surface area contributed by atoms with Crippen LogP contribution in [0.15, 0.2) is 43.0 Å². The molecule has 0 spiro atoms. The first-order valence-corrected chi connectivity index (χ1v) is 5.85. The molecule has 1 heterocycles. The first kappa shape index (κ1) is 12.2. The molecule has 0 bridgehead atoms. The standard InChI is InChI=1S/C13H16N4O/c14-11-3-5-12(6-4-11)16-13(18)2-1-8-17-9-7-15-10-17/h3-7,9-10H,1-2,8,14H2,(H,16,18). The number of benzene rings is 1. The lowest BCUT2D eigenvalue weighted by atomic mass is 10.2. The van der Waals surface area contributed by atoms with E-state index in [1.807, 2.05) is 10.8 Å². The third-order valence-corrected chi connectivity index (χ3v) is 2.57. The average Bonchev–Trinajstić information content (AvgIpc) is 2.85. The number of carbonyl (C=O) groups is 1. The van der Waals surface area contributed by atoms with Gasteiger partial charge in [-0.3, -0.25) is 4.79 Å². The molecule has 0 saturated heterocycles. The Morgan fingerprint density at radius 2 is 2.11 bits per heavy atom. The first-order chi connectivity index (χ1) is 8.74. The predicted molar refractivity (Wildman–Crippen MR) is 70.9 cm³/mol. The van der Waals surface area contributed by atoms with Crippen molar-refractivity contribution in [3.63, 3.8) is 0 Å². The molecule has 0 aliphatic heterocycles. The summed E-state index contributed by atoms with van der Waals surface area (Å²) in [5.74, 6) is 0.0138. The number of nitrogens with two attached hydrogens (primary N) is 1. The molecule has 1 amide bonds. The van der Waals surface area contributed by atoms with E-state index in [4.69, 9.17) is 5.73 Å². The van der Waals surface area contributed by atoms with Crippen molar-refractivity contribution in [2.45, 2.75) is 19.4 Å². The zero-order valence-corrected chi connectivity index (χ0v) is 10.0. The lowest BCUT2D eigenvalue weighted by Crippen LogP contribution is -2.12. The largest absolute Gasteiger partial charge is 0.399 e. The van der Waals surface area contributed by atoms with Gasteiger partial charge in [-0.2, -0.15) is 0 Å². The van der Waals surface area contributed by atoms with Gasteiger partial charge in [0.2, 0.25) is 5.91 Å². The Kier molecular flexibility index (Phi) is 3.96. The van der Waals surface area contributed by atoms with Crippen molar-refractivity contribution in [2.75, 3.05) is 11.1 Å². The summed E-state index contributed by atoms with van der Waals surface area (Å²) in [6.07, 6.45) is 6.64. The molecule has 2 aromatic rings. The van der Waals surface area contributed by atoms with Gasteiger partial charge in [0.25, 0.3) is 0 Å². The number of nitrogens with zero attached hydrogens (tertiary/aromatic N) is 2. The van der Waals surface area contributed by atoms with Crippen molar-refractivity contribution >= 4 is 17.3 Å². The highest BCUT2D eigenvalue weighted by Crippen LogP contribution is 2.11. The van der Waals surface area contributed by atoms with Crippen LogP contribution in [0.2, 0.25) is 0 Å². The van der Waals surface area contributed by atoms with Crippen LogP contribution in [0.4, 0.5) is 11.4 Å². The summed E-state index contributed by atoms with van der Waals surface area (Å²) in [4.78, 5) is 15.6. The van der Waals surface area contributed by atoms with Gasteiger partial charge in [-0.25, -0.2) is 4.98 Å². The normalized spacial score (nSPS) is 10.2. The average molecular weight is 244 g/mol. The lowest BCUT2D eigenvalue weighted by molar-refractivity contribution is -0.116. The number of nitrogen functional groups attached to an aromatic ring is 1. The van der Waals surface area contributed by atoms with Crippen LogP contribution in [0.25, 0.3) is 0 Å². The van der Waals surface area contributed by atoms with Crippen molar-refractivity contribution in [2.24, 2.45) is 0 Å². The molecule has 0 saturated carbocycles. The monoisotopic (exact) mass is 244 g/mol. The van der Waals surface area contributed by atoms with Crippen molar-refractivity contribution < 1.29 is 4.79 Å². The van der Waals surface area contributed by atoms with E-state index in [0.717, 1.165) is 18.7 Å². The number of rotatable bonds is 5. The predicted octanol–water partition coefficient (Wildman–Crippen LogP) is 1.88. The molecule has 94 valence electrons. The maximum absolute atomic E-state index is 11.7. The number of imidazole rings is 1. The van der Waals surface area contributed by atoms with Crippen molar-refractivity contribution in [1.82, 2.24) is 9.55 Å². The summed E-state index contributed by atoms with van der Waals surface area (Å²) >= 11 is 0. The molecular formula is C13H16N4O. The molecule has 1 aromatic heterocycles. The first-order valence-electron chi connectivity index (χ1n) is 5.85. The molecule has 0 aliphatic rings. The second-order valence-electron chi connectivity index (χ2n) is 4.07. The minimum atomic E-state index is 0.0138. The van der Waals surface area contributed by atoms with Crippen LogP contribution in [0.3, 0.4) is 0 Å². The topological polar surface area (TPSA) is 72.9 Å². The minimum absolute atomic E-state index is 0.0138. The molecule has 0 unspecified atom stereocenters. The number of hydrogen-bond donors (Lipinski definition) is 2. The number of hydrogen-bond acceptors (Lipinski definition) is 3. The smallest absolute Gasteiger partial charge is 0.224 e. The molecule has 0 fully saturated rings. The fourth-order valence-electron chi connectivity index (χ4n) is 1.63. The molecule has 3 N–H and O–H groups in total. The van der Waals surface area contributed by atoms with Gasteiger partial charge in [-0.05, 0) is 30.7 Å². The summed E-state index contributed by atoms with van der Waals surface area (Å²) < 4.78 is 1.95. The van der Waals surface area contributed by atoms with E-state index in [1.165, 1.54) is 0 Å². The second-order valence-corrected chi connectivity index (χ2v) is 4.07. The van der Waals surface area contributed by atoms with Crippen molar-refractivity contribution in [3.8, 4) is 0 Å². The van der Waals surface area contributed by atoms with E-state index in [9.17, 15) is 4.79 Å². The number of aryl methyl sites for hydroxylation is 1. The summed E-state index contributed by atoms with van der Waals surface area (Å²) in [6, 6.07) is 7.12. The number of carbonyl (C=O) groups excluding carboxylic acids is 1. The molecule has 18 heavy (non-hydrogen) atoms. The summed E-state index contributed by atoms with van der Waals surface area (Å²) in [6.45, 7) is 0.801. The van der Waals surface area contributed by atoms with Gasteiger partial charge < -0.3 is 15.6 Å². The zero-order chi connectivity index (χ0) is 12.8. The lowest BCUT2D eigenvalue weighted by Gasteiger charge is -2.05. The van der Waals surface area contributed by atoms with Gasteiger partial charge in [0.1, 0.15) is 0 Å². The fourth-order valence-corrected chi connectivity index (χ4v) is 1.63. The zero-order valence-electron chi connectivity index (χ0n) is 10.0. The summed E-state index contributed by atoms with van der Waals surface area (Å²) in [5.41, 5.74) is 7.03. The third-order valence-electron chi connectivity index (χ3n) is 2.57. The minimum Gasteiger partial charge on any atom is -0.399 e. The van der Waals surface area contributed by atoms with Crippen molar-refractivity contribution in [1.29, 1.82) is 0 Å². The molecule has 1 aromatic carbocycles. The van der Waals surface area contributed by atoms with Crippen LogP contribution < -0.4 is 11.1 Å². The molecule has 5 nitrogen and oxygen atoms in total. The van der Waals surface area contributed by atoms with Gasteiger partial charge in [0.05, 0.1) is 6.33 Å². The Bertz CT molecular complexity index is 490. The van der Waals surface area contributed by atoms with Crippen molar-refractivity contribution in [3.05, 3.63) is 43.0 Å². The highest BCUT2D eigenvalue weighted by molar-refractivity contribution is 5.90. The van der Waals surface area contributed by atoms with E-state index in [1.54, 1.807) is 36.8 Å². The Morgan fingerprint density at radius 1 is 1.33 bits per heavy atom. The van der Waals surface area contributed by atoms with Gasteiger partial charge in [-0.15, -0.1) is 0 Å². The molecule has 0 atom stereocenters. The summed E-state index contributed by atoms with van der Waals surface area (Å²) in [5, 5.41) is 2.83. The van der Waals surface area contributed by atoms with Crippen LogP contribution in [-0.2, 0) is 11.3 Å². The van der Waals surface area contributed by atoms with Crippen LogP contribution >= 0.6 is 0 Å². The highest BCUT2D eigenvalue weighted by atomic mass is 16.1. The quantitative estimate of drug-likeness (QED) is 0.789. The van der Waals surface area contributed by atoms with E-state index < -0.39 is 0 Å². The molecule has 5 heteroatoms. The SMILES string of the molecule is Nc1ccc(NC(=O)CCCn2ccnc2)cc1. The van der Waals surface area contributed by atoms with Gasteiger partial charge in [-0.1, -0.05) is 0 Å². The molecule has 2 rings (SSSR count). The maximum Gasteiger partial charge on any atom is 0.224 e. The third kappa shape index (κ3) is 3.62. The van der Waals surface area contributed by atoms with Gasteiger partial charge in [0.15, 0.2) is 0 Å². The number of amides is 1. The van der Waals surface area contributed by atoms with Crippen LogP contribution in [-0.4, -0.2) is 15.5 Å². The van der Waals surface area contributed by atoms with E-state index in [-0.39, 0.29) is 5.91 Å². The molecule has 0 aliphatic carbocycles. The molecule has 0 radical (unpaired) electrons. The van der Waals surface area contributed by atoms with E-state index in [2.05, 4.69) is 10.3 Å². The fraction of sp³-hybridized carbons (Fsp3) is 0.231. The van der Waals surface area contributed by atoms with E-state index in [0.29, 0.717) is 12.1 Å². The number of aromatic nitrogens is 2.